The maximum Gasteiger partial charge on any atom is -1.00 e. The maximum atomic E-state index is 4.42. The minimum atomic E-state index is -1.13. The molecule has 0 spiro atoms. The minimum absolute atomic E-state index is 0. The van der Waals surface area contributed by atoms with Gasteiger partial charge in [-0.15, -0.1) is 0 Å². The molecule has 3 aliphatic heterocycles. The van der Waals surface area contributed by atoms with E-state index in [1.807, 2.05) is 6.20 Å². The van der Waals surface area contributed by atoms with Crippen molar-refractivity contribution in [2.24, 2.45) is 4.99 Å². The van der Waals surface area contributed by atoms with Crippen molar-refractivity contribution < 1.29 is 49.5 Å². The summed E-state index contributed by atoms with van der Waals surface area (Å²) in [6.07, 6.45) is 6.46. The van der Waals surface area contributed by atoms with Crippen LogP contribution in [0, 0.1) is 0 Å². The predicted octanol–water partition coefficient (Wildman–Crippen LogP) is 0.748. The molecule has 2 aromatic carbocycles. The monoisotopic (exact) mass is 538 g/mol. The van der Waals surface area contributed by atoms with E-state index in [9.17, 15) is 0 Å². The summed E-state index contributed by atoms with van der Waals surface area (Å²) in [5.41, 5.74) is 11.4. The number of aliphatic imine (C=N–C) groups is 1. The molecule has 0 fully saturated rings. The van der Waals surface area contributed by atoms with Crippen molar-refractivity contribution in [3.8, 4) is 11.1 Å². The number of allylic oxidation sites excluding steroid dienone is 6. The van der Waals surface area contributed by atoms with Crippen LogP contribution >= 0.6 is 0 Å². The van der Waals surface area contributed by atoms with E-state index in [1.165, 1.54) is 44.7 Å². The SMILES string of the molecule is CC1=C2C3=NC=CC3=C1[Si]2(C)C.CC1=Cc2c(-c3ccccc3)cccc2[CH]1[Zr+2].[Cl-].[Cl-]. The summed E-state index contributed by atoms with van der Waals surface area (Å²) in [4.78, 5) is 4.42. The standard InChI is InChI=1S/C16H13.C10H11NSi.2ClH.Zr/c1-12-10-14-8-5-9-15(16(14)11-12)13-6-3-2-4-7-13;1-6-9-7-4-5-11-8(7)10(6)12(9,2)3;;;/h2-11H,1H3;4-5H,1-3H3;2*1H;/q;;;;+2/p-2. The summed E-state index contributed by atoms with van der Waals surface area (Å²) in [7, 11) is -1.13. The predicted molar refractivity (Wildman–Crippen MR) is 122 cm³/mol. The summed E-state index contributed by atoms with van der Waals surface area (Å²) in [5.74, 6) is 0. The zero-order valence-corrected chi connectivity index (χ0v) is 23.1. The van der Waals surface area contributed by atoms with Gasteiger partial charge in [-0.2, -0.15) is 0 Å². The third kappa shape index (κ3) is 3.68. The van der Waals surface area contributed by atoms with Crippen LogP contribution in [0.4, 0.5) is 0 Å². The molecule has 2 bridgehead atoms. The average Bonchev–Trinajstić information content (AvgIpc) is 3.40. The molecule has 0 radical (unpaired) electrons. The molecular formula is C26H24Cl2NSiZr. The smallest absolute Gasteiger partial charge is 1.00 e. The summed E-state index contributed by atoms with van der Waals surface area (Å²) in [6, 6.07) is 17.3. The zero-order chi connectivity index (χ0) is 20.3. The molecule has 1 nitrogen and oxygen atoms in total. The van der Waals surface area contributed by atoms with Crippen LogP contribution in [0.1, 0.15) is 28.6 Å². The van der Waals surface area contributed by atoms with Crippen LogP contribution in [0.3, 0.4) is 0 Å². The summed E-state index contributed by atoms with van der Waals surface area (Å²) in [5, 5.41) is 3.27. The molecule has 2 aromatic rings. The van der Waals surface area contributed by atoms with Crippen LogP contribution in [0.15, 0.2) is 92.9 Å². The van der Waals surface area contributed by atoms with Gasteiger partial charge in [0.05, 0.1) is 5.71 Å². The normalized spacial score (nSPS) is 20.5. The van der Waals surface area contributed by atoms with Crippen molar-refractivity contribution in [2.75, 3.05) is 0 Å². The molecule has 5 aliphatic rings. The van der Waals surface area contributed by atoms with Gasteiger partial charge in [0.2, 0.25) is 0 Å². The van der Waals surface area contributed by atoms with E-state index < -0.39 is 8.07 Å². The fraction of sp³-hybridized carbons (Fsp3) is 0.192. The molecule has 3 heterocycles. The van der Waals surface area contributed by atoms with Crippen molar-refractivity contribution >= 4 is 19.9 Å². The number of benzene rings is 2. The number of hydrogen-bond acceptors (Lipinski definition) is 1. The first kappa shape index (κ1) is 24.4. The van der Waals surface area contributed by atoms with E-state index >= 15 is 0 Å². The van der Waals surface area contributed by atoms with Gasteiger partial charge >= 0.3 is 118 Å². The fourth-order valence-corrected chi connectivity index (χ4v) is 9.97. The Morgan fingerprint density at radius 2 is 1.61 bits per heavy atom. The zero-order valence-electron chi connectivity index (χ0n) is 18.1. The summed E-state index contributed by atoms with van der Waals surface area (Å²) < 4.78 is 0.654. The molecule has 2 aliphatic carbocycles. The molecule has 0 amide bonds. The Balaban J connectivity index is 0.000000173. The second-order valence-corrected chi connectivity index (χ2v) is 14.4. The number of nitrogens with zero attached hydrogens (tertiary/aromatic N) is 1. The first-order valence-electron chi connectivity index (χ1n) is 10.2. The van der Waals surface area contributed by atoms with Crippen LogP contribution in [-0.2, 0) is 24.7 Å². The van der Waals surface area contributed by atoms with Crippen molar-refractivity contribution in [3.05, 3.63) is 99.0 Å². The number of hydrogen-bond donors (Lipinski definition) is 0. The molecule has 1 unspecified atom stereocenters. The summed E-state index contributed by atoms with van der Waals surface area (Å²) >= 11 is 1.58. The number of halogens is 2. The topological polar surface area (TPSA) is 12.4 Å². The second-order valence-electron chi connectivity index (χ2n) is 8.70. The molecule has 1 atom stereocenters. The summed E-state index contributed by atoms with van der Waals surface area (Å²) in [6.45, 7) is 9.33. The van der Waals surface area contributed by atoms with E-state index in [0.717, 1.165) is 0 Å². The number of rotatable bonds is 1. The molecule has 31 heavy (non-hydrogen) atoms. The molecule has 0 saturated carbocycles. The van der Waals surface area contributed by atoms with Crippen LogP contribution in [-0.4, -0.2) is 13.8 Å². The van der Waals surface area contributed by atoms with Gasteiger partial charge < -0.3 is 24.8 Å². The molecule has 5 heteroatoms. The Bertz CT molecular complexity index is 1200. The van der Waals surface area contributed by atoms with Gasteiger partial charge in [-0.05, 0) is 29.0 Å². The van der Waals surface area contributed by atoms with E-state index in [-0.39, 0.29) is 24.8 Å². The van der Waals surface area contributed by atoms with Crippen molar-refractivity contribution in [1.82, 2.24) is 0 Å². The van der Waals surface area contributed by atoms with Gasteiger partial charge in [0.25, 0.3) is 0 Å². The quantitative estimate of drug-likeness (QED) is 0.474. The Kier molecular flexibility index (Phi) is 7.04. The fourth-order valence-electron chi connectivity index (χ4n) is 5.29. The van der Waals surface area contributed by atoms with Crippen molar-refractivity contribution in [2.45, 2.75) is 30.6 Å². The van der Waals surface area contributed by atoms with E-state index in [1.54, 1.807) is 35.1 Å². The van der Waals surface area contributed by atoms with Crippen LogP contribution in [0.2, 0.25) is 13.1 Å². The Morgan fingerprint density at radius 3 is 2.26 bits per heavy atom. The Morgan fingerprint density at radius 1 is 0.903 bits per heavy atom. The molecule has 0 N–H and O–H groups in total. The van der Waals surface area contributed by atoms with Crippen molar-refractivity contribution in [3.63, 3.8) is 0 Å². The van der Waals surface area contributed by atoms with Gasteiger partial charge in [0.1, 0.15) is 8.07 Å². The first-order valence-corrected chi connectivity index (χ1v) is 14.6. The number of fused-ring (bicyclic) bond motifs is 1. The van der Waals surface area contributed by atoms with Gasteiger partial charge in [-0.1, -0.05) is 13.1 Å². The van der Waals surface area contributed by atoms with Gasteiger partial charge in [0, 0.05) is 11.8 Å². The molecule has 0 aromatic heterocycles. The van der Waals surface area contributed by atoms with E-state index in [2.05, 4.69) is 92.6 Å². The molecule has 0 saturated heterocycles. The third-order valence-corrected chi connectivity index (χ3v) is 12.2. The van der Waals surface area contributed by atoms with Crippen molar-refractivity contribution in [1.29, 1.82) is 0 Å². The minimum Gasteiger partial charge on any atom is -1.00 e. The molecule has 155 valence electrons. The largest absolute Gasteiger partial charge is 1.00 e. The van der Waals surface area contributed by atoms with Gasteiger partial charge in [-0.3, -0.25) is 4.99 Å². The molecule has 7 rings (SSSR count). The van der Waals surface area contributed by atoms with Gasteiger partial charge in [0.15, 0.2) is 0 Å². The first-order chi connectivity index (χ1) is 13.9. The molecular weight excluding hydrogens is 517 g/mol. The Labute approximate surface area is 213 Å². The maximum absolute atomic E-state index is 4.42. The van der Waals surface area contributed by atoms with E-state index in [0.29, 0.717) is 3.63 Å². The third-order valence-electron chi connectivity index (χ3n) is 6.57. The Hall–Kier alpha value is -1.25. The second kappa shape index (κ2) is 8.94. The van der Waals surface area contributed by atoms with Crippen LogP contribution in [0.25, 0.3) is 17.2 Å². The van der Waals surface area contributed by atoms with Crippen LogP contribution < -0.4 is 24.8 Å². The van der Waals surface area contributed by atoms with Gasteiger partial charge in [-0.25, -0.2) is 0 Å². The average molecular weight is 541 g/mol. The van der Waals surface area contributed by atoms with E-state index in [4.69, 9.17) is 0 Å². The van der Waals surface area contributed by atoms with Crippen LogP contribution in [0.5, 0.6) is 0 Å².